The van der Waals surface area contributed by atoms with Gasteiger partial charge in [0.25, 0.3) is 0 Å². The highest BCUT2D eigenvalue weighted by molar-refractivity contribution is 5.94. The first-order chi connectivity index (χ1) is 18.0. The first kappa shape index (κ1) is 23.7. The quantitative estimate of drug-likeness (QED) is 0.462. The number of methoxy groups -OCH3 is 1. The van der Waals surface area contributed by atoms with Gasteiger partial charge in [-0.3, -0.25) is 9.69 Å². The number of hydrogen-bond donors (Lipinski definition) is 0. The smallest absolute Gasteiger partial charge is 0.177 e. The van der Waals surface area contributed by atoms with E-state index in [0.717, 1.165) is 62.6 Å². The number of carbonyl (C=O) groups is 1. The van der Waals surface area contributed by atoms with Gasteiger partial charge in [-0.1, -0.05) is 42.8 Å². The van der Waals surface area contributed by atoms with Crippen molar-refractivity contribution in [2.45, 2.75) is 87.4 Å². The van der Waals surface area contributed by atoms with E-state index in [1.165, 1.54) is 36.0 Å². The van der Waals surface area contributed by atoms with Gasteiger partial charge in [0.1, 0.15) is 0 Å². The molecule has 0 aromatic heterocycles. The Bertz CT molecular complexity index is 1210. The van der Waals surface area contributed by atoms with Gasteiger partial charge in [-0.25, -0.2) is 0 Å². The third kappa shape index (κ3) is 3.13. The summed E-state index contributed by atoms with van der Waals surface area (Å²) in [7, 11) is 1.70. The van der Waals surface area contributed by atoms with E-state index >= 15 is 0 Å². The van der Waals surface area contributed by atoms with Crippen LogP contribution in [0.5, 0.6) is 11.5 Å². The van der Waals surface area contributed by atoms with Crippen LogP contribution in [0.1, 0.15) is 68.6 Å². The fourth-order valence-corrected chi connectivity index (χ4v) is 8.68. The maximum absolute atomic E-state index is 13.8. The molecule has 0 N–H and O–H groups in total. The lowest BCUT2D eigenvalue weighted by molar-refractivity contribution is -0.232. The van der Waals surface area contributed by atoms with Crippen molar-refractivity contribution in [3.05, 3.63) is 59.2 Å². The second-order valence-electron chi connectivity index (χ2n) is 12.2. The Kier molecular flexibility index (Phi) is 5.50. The molecule has 2 saturated carbocycles. The Hall–Kier alpha value is -2.37. The maximum Gasteiger partial charge on any atom is 0.177 e. The number of hydrogen-bond acceptors (Lipinski definition) is 5. The first-order valence-corrected chi connectivity index (χ1v) is 14.4. The van der Waals surface area contributed by atoms with Crippen LogP contribution in [-0.4, -0.2) is 54.7 Å². The first-order valence-electron chi connectivity index (χ1n) is 14.4. The molecule has 2 aromatic carbocycles. The van der Waals surface area contributed by atoms with E-state index in [-0.39, 0.29) is 11.8 Å². The zero-order chi connectivity index (χ0) is 25.3. The SMILES string of the molecule is COc1ccc2c3c1O[C@@]1(C)C(=O)CC[C@@]4(OCCCc5ccccc5)[C@@H](C2)N(CC2CCC2)CC[C@]314. The van der Waals surface area contributed by atoms with Gasteiger partial charge in [0.2, 0.25) is 0 Å². The maximum atomic E-state index is 13.8. The Morgan fingerprint density at radius 2 is 1.95 bits per heavy atom. The van der Waals surface area contributed by atoms with Gasteiger partial charge in [0.05, 0.1) is 18.1 Å². The van der Waals surface area contributed by atoms with E-state index in [2.05, 4.69) is 48.2 Å². The molecular formula is C32H39NO4. The van der Waals surface area contributed by atoms with Gasteiger partial charge in [0.15, 0.2) is 22.9 Å². The predicted molar refractivity (Wildman–Crippen MR) is 142 cm³/mol. The lowest BCUT2D eigenvalue weighted by Crippen LogP contribution is -2.81. The number of ether oxygens (including phenoxy) is 3. The van der Waals surface area contributed by atoms with Crippen LogP contribution in [0.2, 0.25) is 0 Å². The third-order valence-corrected chi connectivity index (χ3v) is 10.6. The molecule has 0 amide bonds. The molecule has 0 unspecified atom stereocenters. The van der Waals surface area contributed by atoms with Crippen LogP contribution in [-0.2, 0) is 27.8 Å². The molecule has 2 aliphatic heterocycles. The Labute approximate surface area is 220 Å². The van der Waals surface area contributed by atoms with Crippen LogP contribution in [0.4, 0.5) is 0 Å². The minimum absolute atomic E-state index is 0.216. The van der Waals surface area contributed by atoms with Crippen molar-refractivity contribution in [2.24, 2.45) is 5.92 Å². The Morgan fingerprint density at radius 1 is 1.11 bits per heavy atom. The second-order valence-corrected chi connectivity index (χ2v) is 12.2. The molecule has 196 valence electrons. The van der Waals surface area contributed by atoms with E-state index in [1.54, 1.807) is 7.11 Å². The lowest BCUT2D eigenvalue weighted by atomic mass is 9.45. The van der Waals surface area contributed by atoms with Crippen LogP contribution in [0, 0.1) is 5.92 Å². The van der Waals surface area contributed by atoms with Gasteiger partial charge >= 0.3 is 0 Å². The summed E-state index contributed by atoms with van der Waals surface area (Å²) in [4.78, 5) is 16.5. The zero-order valence-electron chi connectivity index (χ0n) is 22.3. The van der Waals surface area contributed by atoms with Crippen molar-refractivity contribution in [2.75, 3.05) is 26.8 Å². The minimum atomic E-state index is -0.919. The summed E-state index contributed by atoms with van der Waals surface area (Å²) in [6.45, 7) is 4.91. The highest BCUT2D eigenvalue weighted by Crippen LogP contribution is 2.69. The Morgan fingerprint density at radius 3 is 2.70 bits per heavy atom. The van der Waals surface area contributed by atoms with Crippen molar-refractivity contribution >= 4 is 5.78 Å². The number of nitrogens with zero attached hydrogens (tertiary/aromatic N) is 1. The van der Waals surface area contributed by atoms with Gasteiger partial charge in [-0.15, -0.1) is 0 Å². The molecule has 5 heteroatoms. The second kappa shape index (κ2) is 8.57. The normalized spacial score (nSPS) is 34.0. The van der Waals surface area contributed by atoms with Crippen LogP contribution >= 0.6 is 0 Å². The number of Topliss-reactive ketones (excluding diaryl/α,β-unsaturated/α-hetero) is 1. The van der Waals surface area contributed by atoms with E-state index in [0.29, 0.717) is 13.0 Å². The van der Waals surface area contributed by atoms with Crippen molar-refractivity contribution < 1.29 is 19.0 Å². The number of piperidine rings is 1. The average molecular weight is 502 g/mol. The molecule has 2 aromatic rings. The molecule has 4 atom stereocenters. The Balaban J connectivity index is 1.31. The van der Waals surface area contributed by atoms with Crippen molar-refractivity contribution in [3.63, 3.8) is 0 Å². The van der Waals surface area contributed by atoms with Crippen LogP contribution in [0.25, 0.3) is 0 Å². The summed E-state index contributed by atoms with van der Waals surface area (Å²) >= 11 is 0. The number of carbonyl (C=O) groups excluding carboxylic acids is 1. The molecule has 37 heavy (non-hydrogen) atoms. The fourth-order valence-electron chi connectivity index (χ4n) is 8.68. The molecule has 7 rings (SSSR count). The van der Waals surface area contributed by atoms with Crippen LogP contribution in [0.15, 0.2) is 42.5 Å². The monoisotopic (exact) mass is 501 g/mol. The predicted octanol–water partition coefficient (Wildman–Crippen LogP) is 5.27. The van der Waals surface area contributed by atoms with Gasteiger partial charge in [0, 0.05) is 31.2 Å². The molecule has 0 radical (unpaired) electrons. The van der Waals surface area contributed by atoms with Crippen molar-refractivity contribution in [1.29, 1.82) is 0 Å². The van der Waals surface area contributed by atoms with E-state index < -0.39 is 16.6 Å². The molecular weight excluding hydrogens is 462 g/mol. The lowest BCUT2D eigenvalue weighted by Gasteiger charge is -2.67. The van der Waals surface area contributed by atoms with Gasteiger partial charge in [-0.2, -0.15) is 0 Å². The van der Waals surface area contributed by atoms with E-state index in [4.69, 9.17) is 14.2 Å². The molecule has 5 aliphatic rings. The molecule has 2 bridgehead atoms. The number of aryl methyl sites for hydroxylation is 1. The standard InChI is InChI=1S/C32H39NO4/c1-30-27(34)15-16-32(36-19-7-12-22-8-4-3-5-9-22)26-20-24-13-14-25(35-2)29(37-30)28(24)31(30,32)17-18-33(26)21-23-10-6-11-23/h3-5,8-9,13-14,23,26H,6-7,10-12,15-21H2,1-2H3/t26-,30+,31+,32-/m1/s1. The summed E-state index contributed by atoms with van der Waals surface area (Å²) in [5, 5.41) is 0. The van der Waals surface area contributed by atoms with Crippen molar-refractivity contribution in [1.82, 2.24) is 4.90 Å². The minimum Gasteiger partial charge on any atom is -0.493 e. The summed E-state index contributed by atoms with van der Waals surface area (Å²) < 4.78 is 19.8. The largest absolute Gasteiger partial charge is 0.493 e. The molecule has 1 saturated heterocycles. The third-order valence-electron chi connectivity index (χ3n) is 10.6. The molecule has 5 nitrogen and oxygen atoms in total. The molecule has 1 spiro atoms. The highest BCUT2D eigenvalue weighted by atomic mass is 16.5. The number of likely N-dealkylation sites (tertiary alicyclic amines) is 1. The zero-order valence-corrected chi connectivity index (χ0v) is 22.3. The summed E-state index contributed by atoms with van der Waals surface area (Å²) in [5.74, 6) is 2.55. The highest BCUT2D eigenvalue weighted by Gasteiger charge is 2.78. The number of benzene rings is 2. The summed E-state index contributed by atoms with van der Waals surface area (Å²) in [5.41, 5.74) is 2.06. The van der Waals surface area contributed by atoms with Crippen LogP contribution in [0.3, 0.4) is 0 Å². The van der Waals surface area contributed by atoms with E-state index in [9.17, 15) is 4.79 Å². The molecule has 3 fully saturated rings. The number of ketones is 1. The molecule has 3 aliphatic carbocycles. The fraction of sp³-hybridized carbons (Fsp3) is 0.594. The van der Waals surface area contributed by atoms with Crippen LogP contribution < -0.4 is 9.47 Å². The van der Waals surface area contributed by atoms with Crippen molar-refractivity contribution in [3.8, 4) is 11.5 Å². The van der Waals surface area contributed by atoms with Gasteiger partial charge in [-0.05, 0) is 81.5 Å². The summed E-state index contributed by atoms with van der Waals surface area (Å²) in [6, 6.07) is 15.2. The number of rotatable bonds is 8. The van der Waals surface area contributed by atoms with E-state index in [1.807, 2.05) is 6.07 Å². The summed E-state index contributed by atoms with van der Waals surface area (Å²) in [6.07, 6.45) is 9.16. The van der Waals surface area contributed by atoms with Gasteiger partial charge < -0.3 is 14.2 Å². The topological polar surface area (TPSA) is 48.0 Å². The average Bonchev–Trinajstić information content (AvgIpc) is 3.17. The molecule has 2 heterocycles.